The Hall–Kier alpha value is -1.22. The van der Waals surface area contributed by atoms with Crippen LogP contribution in [0.1, 0.15) is 25.8 Å². The second-order valence-corrected chi connectivity index (χ2v) is 4.90. The standard InChI is InChI=1S/C13H20N2O/c1-9-4-5-12(11(14)8-9)15-13(3)6-7-16-10(13)2/h4-5,8,10,15H,6-7,14H2,1-3H3. The second-order valence-electron chi connectivity index (χ2n) is 4.90. The monoisotopic (exact) mass is 220 g/mol. The van der Waals surface area contributed by atoms with Gasteiger partial charge in [-0.2, -0.15) is 0 Å². The molecular formula is C13H20N2O. The average molecular weight is 220 g/mol. The van der Waals surface area contributed by atoms with Crippen LogP contribution in [0, 0.1) is 6.92 Å². The second kappa shape index (κ2) is 3.98. The van der Waals surface area contributed by atoms with E-state index in [1.807, 2.05) is 19.1 Å². The Kier molecular flexibility index (Phi) is 2.80. The summed E-state index contributed by atoms with van der Waals surface area (Å²) in [6.07, 6.45) is 1.23. The van der Waals surface area contributed by atoms with Crippen LogP contribution in [0.15, 0.2) is 18.2 Å². The first-order valence-corrected chi connectivity index (χ1v) is 5.77. The average Bonchev–Trinajstić information content (AvgIpc) is 2.52. The van der Waals surface area contributed by atoms with Crippen molar-refractivity contribution in [2.45, 2.75) is 38.8 Å². The van der Waals surface area contributed by atoms with Crippen LogP contribution in [0.25, 0.3) is 0 Å². The van der Waals surface area contributed by atoms with Gasteiger partial charge >= 0.3 is 0 Å². The molecule has 3 N–H and O–H groups in total. The number of hydrogen-bond donors (Lipinski definition) is 2. The first kappa shape index (κ1) is 11.3. The molecule has 0 radical (unpaired) electrons. The third-order valence-corrected chi connectivity index (χ3v) is 3.51. The summed E-state index contributed by atoms with van der Waals surface area (Å²) in [5, 5.41) is 3.51. The van der Waals surface area contributed by atoms with E-state index in [9.17, 15) is 0 Å². The third kappa shape index (κ3) is 2.00. The van der Waals surface area contributed by atoms with Crippen molar-refractivity contribution in [2.75, 3.05) is 17.7 Å². The molecule has 3 nitrogen and oxygen atoms in total. The molecule has 1 fully saturated rings. The summed E-state index contributed by atoms with van der Waals surface area (Å²) >= 11 is 0. The van der Waals surface area contributed by atoms with Crippen molar-refractivity contribution in [3.8, 4) is 0 Å². The highest BCUT2D eigenvalue weighted by Crippen LogP contribution is 2.31. The molecule has 3 heteroatoms. The fourth-order valence-electron chi connectivity index (χ4n) is 2.10. The Bertz CT molecular complexity index is 392. The van der Waals surface area contributed by atoms with Crippen molar-refractivity contribution in [3.63, 3.8) is 0 Å². The fraction of sp³-hybridized carbons (Fsp3) is 0.538. The topological polar surface area (TPSA) is 47.3 Å². The van der Waals surface area contributed by atoms with Crippen molar-refractivity contribution in [2.24, 2.45) is 0 Å². The zero-order valence-corrected chi connectivity index (χ0v) is 10.2. The third-order valence-electron chi connectivity index (χ3n) is 3.51. The summed E-state index contributed by atoms with van der Waals surface area (Å²) < 4.78 is 5.60. The first-order valence-electron chi connectivity index (χ1n) is 5.77. The minimum absolute atomic E-state index is 0.0105. The molecule has 1 aliphatic rings. The van der Waals surface area contributed by atoms with Crippen molar-refractivity contribution in [3.05, 3.63) is 23.8 Å². The van der Waals surface area contributed by atoms with Gasteiger partial charge in [0.2, 0.25) is 0 Å². The Labute approximate surface area is 97.0 Å². The summed E-state index contributed by atoms with van der Waals surface area (Å²) in [7, 11) is 0. The number of rotatable bonds is 2. The highest BCUT2D eigenvalue weighted by molar-refractivity contribution is 5.68. The van der Waals surface area contributed by atoms with E-state index in [0.29, 0.717) is 0 Å². The molecule has 2 atom stereocenters. The summed E-state index contributed by atoms with van der Waals surface area (Å²) in [6, 6.07) is 6.11. The first-order chi connectivity index (χ1) is 7.51. The summed E-state index contributed by atoms with van der Waals surface area (Å²) in [5.74, 6) is 0. The van der Waals surface area contributed by atoms with E-state index < -0.39 is 0 Å². The van der Waals surface area contributed by atoms with Gasteiger partial charge < -0.3 is 15.8 Å². The van der Waals surface area contributed by atoms with Gasteiger partial charge in [0.1, 0.15) is 0 Å². The quantitative estimate of drug-likeness (QED) is 0.753. The van der Waals surface area contributed by atoms with Crippen LogP contribution < -0.4 is 11.1 Å². The Balaban J connectivity index is 2.20. The Morgan fingerprint density at radius 1 is 1.50 bits per heavy atom. The van der Waals surface area contributed by atoms with E-state index in [1.54, 1.807) is 0 Å². The maximum Gasteiger partial charge on any atom is 0.0774 e. The van der Waals surface area contributed by atoms with Gasteiger partial charge in [-0.05, 0) is 44.9 Å². The molecule has 0 saturated carbocycles. The van der Waals surface area contributed by atoms with Crippen LogP contribution in [0.3, 0.4) is 0 Å². The van der Waals surface area contributed by atoms with Gasteiger partial charge in [-0.3, -0.25) is 0 Å². The number of nitrogen functional groups attached to an aromatic ring is 1. The minimum atomic E-state index is -0.0105. The number of aryl methyl sites for hydroxylation is 1. The summed E-state index contributed by atoms with van der Waals surface area (Å²) in [6.45, 7) is 7.15. The van der Waals surface area contributed by atoms with Gasteiger partial charge in [-0.15, -0.1) is 0 Å². The van der Waals surface area contributed by atoms with E-state index in [-0.39, 0.29) is 11.6 Å². The number of nitrogens with one attached hydrogen (secondary N) is 1. The molecule has 1 saturated heterocycles. The van der Waals surface area contributed by atoms with E-state index in [2.05, 4.69) is 25.2 Å². The maximum atomic E-state index is 6.00. The Morgan fingerprint density at radius 2 is 2.25 bits per heavy atom. The van der Waals surface area contributed by atoms with Crippen molar-refractivity contribution in [1.82, 2.24) is 0 Å². The van der Waals surface area contributed by atoms with Crippen molar-refractivity contribution < 1.29 is 4.74 Å². The van der Waals surface area contributed by atoms with Gasteiger partial charge in [0.15, 0.2) is 0 Å². The highest BCUT2D eigenvalue weighted by Gasteiger charge is 2.37. The lowest BCUT2D eigenvalue weighted by Crippen LogP contribution is -2.41. The van der Waals surface area contributed by atoms with Crippen LogP contribution in [0.2, 0.25) is 0 Å². The number of nitrogens with two attached hydrogens (primary N) is 1. The lowest BCUT2D eigenvalue weighted by atomic mass is 9.94. The van der Waals surface area contributed by atoms with E-state index >= 15 is 0 Å². The van der Waals surface area contributed by atoms with Crippen LogP contribution in [-0.4, -0.2) is 18.2 Å². The summed E-state index contributed by atoms with van der Waals surface area (Å²) in [4.78, 5) is 0. The van der Waals surface area contributed by atoms with E-state index in [4.69, 9.17) is 10.5 Å². The number of hydrogen-bond acceptors (Lipinski definition) is 3. The lowest BCUT2D eigenvalue weighted by molar-refractivity contribution is 0.105. The normalized spacial score (nSPS) is 29.3. The van der Waals surface area contributed by atoms with Crippen LogP contribution >= 0.6 is 0 Å². The Morgan fingerprint density at radius 3 is 2.81 bits per heavy atom. The van der Waals surface area contributed by atoms with Crippen LogP contribution in [-0.2, 0) is 4.74 Å². The summed E-state index contributed by atoms with van der Waals surface area (Å²) in [5.41, 5.74) is 8.99. The van der Waals surface area contributed by atoms with Gasteiger partial charge in [0, 0.05) is 6.61 Å². The molecule has 2 unspecified atom stereocenters. The predicted octanol–water partition coefficient (Wildman–Crippen LogP) is 2.56. The predicted molar refractivity (Wildman–Crippen MR) is 67.7 cm³/mol. The smallest absolute Gasteiger partial charge is 0.0774 e. The molecular weight excluding hydrogens is 200 g/mol. The van der Waals surface area contributed by atoms with Crippen molar-refractivity contribution >= 4 is 11.4 Å². The number of ether oxygens (including phenoxy) is 1. The molecule has 2 rings (SSSR count). The molecule has 88 valence electrons. The number of benzene rings is 1. The molecule has 0 spiro atoms. The number of anilines is 2. The molecule has 0 aromatic heterocycles. The van der Waals surface area contributed by atoms with Crippen LogP contribution in [0.5, 0.6) is 0 Å². The fourth-order valence-corrected chi connectivity index (χ4v) is 2.10. The zero-order valence-electron chi connectivity index (χ0n) is 10.2. The molecule has 0 bridgehead atoms. The molecule has 1 aromatic rings. The molecule has 1 aromatic carbocycles. The van der Waals surface area contributed by atoms with E-state index in [1.165, 1.54) is 5.56 Å². The molecule has 0 amide bonds. The van der Waals surface area contributed by atoms with Gasteiger partial charge in [0.25, 0.3) is 0 Å². The van der Waals surface area contributed by atoms with Gasteiger partial charge in [-0.1, -0.05) is 6.07 Å². The SMILES string of the molecule is Cc1ccc(NC2(C)CCOC2C)c(N)c1. The molecule has 16 heavy (non-hydrogen) atoms. The zero-order chi connectivity index (χ0) is 11.8. The van der Waals surface area contributed by atoms with Gasteiger partial charge in [0.05, 0.1) is 23.0 Å². The van der Waals surface area contributed by atoms with E-state index in [0.717, 1.165) is 24.4 Å². The lowest BCUT2D eigenvalue weighted by Gasteiger charge is -2.30. The molecule has 0 aliphatic carbocycles. The minimum Gasteiger partial charge on any atom is -0.397 e. The van der Waals surface area contributed by atoms with Gasteiger partial charge in [-0.25, -0.2) is 0 Å². The highest BCUT2D eigenvalue weighted by atomic mass is 16.5. The van der Waals surface area contributed by atoms with Crippen LogP contribution in [0.4, 0.5) is 11.4 Å². The van der Waals surface area contributed by atoms with Crippen molar-refractivity contribution in [1.29, 1.82) is 0 Å². The largest absolute Gasteiger partial charge is 0.397 e. The molecule has 1 heterocycles. The maximum absolute atomic E-state index is 6.00. The molecule has 1 aliphatic heterocycles.